The summed E-state index contributed by atoms with van der Waals surface area (Å²) in [5.41, 5.74) is 2.18. The molecule has 2 aliphatic heterocycles. The predicted molar refractivity (Wildman–Crippen MR) is 95.0 cm³/mol. The van der Waals surface area contributed by atoms with E-state index in [-0.39, 0.29) is 11.8 Å². The van der Waals surface area contributed by atoms with Gasteiger partial charge in [0.1, 0.15) is 0 Å². The number of rotatable bonds is 4. The molecule has 5 nitrogen and oxygen atoms in total. The third kappa shape index (κ3) is 3.31. The highest BCUT2D eigenvalue weighted by atomic mass is 16.2. The van der Waals surface area contributed by atoms with Gasteiger partial charge in [-0.05, 0) is 38.1 Å². The first-order valence-corrected chi connectivity index (χ1v) is 8.80. The highest BCUT2D eigenvalue weighted by Gasteiger charge is 2.34. The molecule has 3 rings (SSSR count). The van der Waals surface area contributed by atoms with Crippen LogP contribution in [0.15, 0.2) is 24.3 Å². The molecule has 1 aromatic carbocycles. The number of likely N-dealkylation sites (tertiary alicyclic amines) is 1. The second-order valence-electron chi connectivity index (χ2n) is 7.23. The van der Waals surface area contributed by atoms with Crippen molar-refractivity contribution in [2.45, 2.75) is 32.2 Å². The van der Waals surface area contributed by atoms with Gasteiger partial charge in [0.05, 0.1) is 0 Å². The maximum absolute atomic E-state index is 12.6. The van der Waals surface area contributed by atoms with E-state index >= 15 is 0 Å². The molecule has 0 aromatic heterocycles. The number of carbonyl (C=O) groups excluding carboxylic acids is 2. The zero-order chi connectivity index (χ0) is 17.3. The fraction of sp³-hybridized carbons (Fsp3) is 0.579. The van der Waals surface area contributed by atoms with Gasteiger partial charge in [-0.2, -0.15) is 0 Å². The molecule has 130 valence electrons. The fourth-order valence-electron chi connectivity index (χ4n) is 3.93. The van der Waals surface area contributed by atoms with Gasteiger partial charge in [0.15, 0.2) is 0 Å². The Morgan fingerprint density at radius 3 is 2.67 bits per heavy atom. The second kappa shape index (κ2) is 6.93. The van der Waals surface area contributed by atoms with Crippen molar-refractivity contribution in [3.63, 3.8) is 0 Å². The van der Waals surface area contributed by atoms with Gasteiger partial charge in [-0.15, -0.1) is 0 Å². The van der Waals surface area contributed by atoms with Crippen LogP contribution in [0.4, 0.5) is 5.69 Å². The van der Waals surface area contributed by atoms with Crippen LogP contribution in [0, 0.1) is 5.92 Å². The van der Waals surface area contributed by atoms with Gasteiger partial charge in [0.2, 0.25) is 11.8 Å². The van der Waals surface area contributed by atoms with Crippen LogP contribution < -0.4 is 4.90 Å². The third-order valence-electron chi connectivity index (χ3n) is 5.33. The lowest BCUT2D eigenvalue weighted by atomic mass is 10.0. The van der Waals surface area contributed by atoms with Crippen LogP contribution in [-0.4, -0.2) is 61.4 Å². The summed E-state index contributed by atoms with van der Waals surface area (Å²) in [4.78, 5) is 30.8. The van der Waals surface area contributed by atoms with Crippen LogP contribution in [0.1, 0.15) is 25.3 Å². The summed E-state index contributed by atoms with van der Waals surface area (Å²) >= 11 is 0. The molecule has 1 saturated heterocycles. The summed E-state index contributed by atoms with van der Waals surface area (Å²) in [7, 11) is 4.14. The maximum Gasteiger partial charge on any atom is 0.227 e. The molecule has 24 heavy (non-hydrogen) atoms. The number of hydrogen-bond acceptors (Lipinski definition) is 3. The van der Waals surface area contributed by atoms with Crippen molar-refractivity contribution in [1.82, 2.24) is 9.80 Å². The van der Waals surface area contributed by atoms with Crippen LogP contribution in [0.3, 0.4) is 0 Å². The molecule has 2 amide bonds. The topological polar surface area (TPSA) is 43.9 Å². The average molecular weight is 329 g/mol. The Bertz CT molecular complexity index is 629. The van der Waals surface area contributed by atoms with E-state index in [1.807, 2.05) is 23.1 Å². The van der Waals surface area contributed by atoms with Crippen molar-refractivity contribution >= 4 is 17.5 Å². The van der Waals surface area contributed by atoms with Crippen molar-refractivity contribution in [3.8, 4) is 0 Å². The Morgan fingerprint density at radius 2 is 1.96 bits per heavy atom. The summed E-state index contributed by atoms with van der Waals surface area (Å²) in [6.45, 7) is 4.28. The molecule has 0 aliphatic carbocycles. The molecule has 0 unspecified atom stereocenters. The minimum absolute atomic E-state index is 0.127. The summed E-state index contributed by atoms with van der Waals surface area (Å²) < 4.78 is 0. The molecule has 2 aliphatic rings. The van der Waals surface area contributed by atoms with Crippen molar-refractivity contribution in [1.29, 1.82) is 0 Å². The smallest absolute Gasteiger partial charge is 0.227 e. The van der Waals surface area contributed by atoms with Gasteiger partial charge in [0, 0.05) is 44.2 Å². The van der Waals surface area contributed by atoms with Gasteiger partial charge in [-0.1, -0.05) is 25.1 Å². The van der Waals surface area contributed by atoms with E-state index in [2.05, 4.69) is 32.0 Å². The number of aryl methyl sites for hydroxylation is 1. The van der Waals surface area contributed by atoms with E-state index in [1.165, 1.54) is 5.56 Å². The average Bonchev–Trinajstić information content (AvgIpc) is 2.96. The predicted octanol–water partition coefficient (Wildman–Crippen LogP) is 1.76. The SMILES string of the molecule is C[C@@H]1CN(C(=O)CCN2C(=O)CCc3ccccc32)C[C@@H]1N(C)C. The molecule has 5 heteroatoms. The van der Waals surface area contributed by atoms with E-state index in [9.17, 15) is 9.59 Å². The number of likely N-dealkylation sites (N-methyl/N-ethyl adjacent to an activating group) is 1. The zero-order valence-corrected chi connectivity index (χ0v) is 14.9. The largest absolute Gasteiger partial charge is 0.341 e. The highest BCUT2D eigenvalue weighted by molar-refractivity contribution is 5.97. The molecule has 0 saturated carbocycles. The Morgan fingerprint density at radius 1 is 1.21 bits per heavy atom. The number of hydrogen-bond donors (Lipinski definition) is 0. The molecule has 0 N–H and O–H groups in total. The van der Waals surface area contributed by atoms with Crippen molar-refractivity contribution in [2.24, 2.45) is 5.92 Å². The quantitative estimate of drug-likeness (QED) is 0.845. The van der Waals surface area contributed by atoms with Crippen molar-refractivity contribution < 1.29 is 9.59 Å². The summed E-state index contributed by atoms with van der Waals surface area (Å²) in [6, 6.07) is 8.43. The summed E-state index contributed by atoms with van der Waals surface area (Å²) in [5, 5.41) is 0. The molecule has 0 spiro atoms. The number of anilines is 1. The van der Waals surface area contributed by atoms with Gasteiger partial charge in [0.25, 0.3) is 0 Å². The third-order valence-corrected chi connectivity index (χ3v) is 5.33. The van der Waals surface area contributed by atoms with Crippen LogP contribution in [-0.2, 0) is 16.0 Å². The van der Waals surface area contributed by atoms with Gasteiger partial charge in [-0.3, -0.25) is 9.59 Å². The first kappa shape index (κ1) is 17.0. The summed E-state index contributed by atoms with van der Waals surface area (Å²) in [5.74, 6) is 0.769. The van der Waals surface area contributed by atoms with E-state index in [4.69, 9.17) is 0 Å². The van der Waals surface area contributed by atoms with E-state index in [1.54, 1.807) is 4.90 Å². The minimum atomic E-state index is 0.127. The molecular formula is C19H27N3O2. The molecule has 0 radical (unpaired) electrons. The second-order valence-corrected chi connectivity index (χ2v) is 7.23. The number of carbonyl (C=O) groups is 2. The monoisotopic (exact) mass is 329 g/mol. The first-order valence-electron chi connectivity index (χ1n) is 8.80. The highest BCUT2D eigenvalue weighted by Crippen LogP contribution is 2.28. The minimum Gasteiger partial charge on any atom is -0.341 e. The zero-order valence-electron chi connectivity index (χ0n) is 14.9. The number of nitrogens with zero attached hydrogens (tertiary/aromatic N) is 3. The Labute approximate surface area is 144 Å². The maximum atomic E-state index is 12.6. The Kier molecular flexibility index (Phi) is 4.90. The normalized spacial score (nSPS) is 23.8. The lowest BCUT2D eigenvalue weighted by Gasteiger charge is -2.30. The Hall–Kier alpha value is -1.88. The lowest BCUT2D eigenvalue weighted by molar-refractivity contribution is -0.130. The number of benzene rings is 1. The molecule has 0 bridgehead atoms. The molecule has 2 atom stereocenters. The first-order chi connectivity index (χ1) is 11.5. The number of fused-ring (bicyclic) bond motifs is 1. The van der Waals surface area contributed by atoms with Crippen LogP contribution in [0.2, 0.25) is 0 Å². The van der Waals surface area contributed by atoms with Gasteiger partial charge < -0.3 is 14.7 Å². The molecule has 2 heterocycles. The number of amides is 2. The van der Waals surface area contributed by atoms with Crippen LogP contribution in [0.25, 0.3) is 0 Å². The van der Waals surface area contributed by atoms with Crippen molar-refractivity contribution in [2.75, 3.05) is 38.6 Å². The lowest BCUT2D eigenvalue weighted by Crippen LogP contribution is -2.39. The number of para-hydroxylation sites is 1. The van der Waals surface area contributed by atoms with Gasteiger partial charge in [-0.25, -0.2) is 0 Å². The standard InChI is InChI=1S/C19H27N3O2/c1-14-12-21(13-17(14)20(2)3)18(23)10-11-22-16-7-5-4-6-15(16)8-9-19(22)24/h4-7,14,17H,8-13H2,1-3H3/t14-,17+/m1/s1. The Balaban J connectivity index is 1.62. The summed E-state index contributed by atoms with van der Waals surface area (Å²) in [6.07, 6.45) is 1.73. The molecule has 1 fully saturated rings. The van der Waals surface area contributed by atoms with Crippen LogP contribution >= 0.6 is 0 Å². The fourth-order valence-corrected chi connectivity index (χ4v) is 3.93. The van der Waals surface area contributed by atoms with E-state index in [0.29, 0.717) is 31.3 Å². The van der Waals surface area contributed by atoms with Gasteiger partial charge >= 0.3 is 0 Å². The molecular weight excluding hydrogens is 302 g/mol. The molecule has 1 aromatic rings. The van der Waals surface area contributed by atoms with E-state index < -0.39 is 0 Å². The van der Waals surface area contributed by atoms with E-state index in [0.717, 1.165) is 25.2 Å². The van der Waals surface area contributed by atoms with Crippen molar-refractivity contribution in [3.05, 3.63) is 29.8 Å². The van der Waals surface area contributed by atoms with Crippen LogP contribution in [0.5, 0.6) is 0 Å².